The maximum atomic E-state index is 13.9. The van der Waals surface area contributed by atoms with Gasteiger partial charge in [-0.15, -0.1) is 0 Å². The van der Waals surface area contributed by atoms with Gasteiger partial charge in [0.2, 0.25) is 5.91 Å². The first-order valence-corrected chi connectivity index (χ1v) is 10.3. The highest BCUT2D eigenvalue weighted by atomic mass is 19.1. The smallest absolute Gasteiger partial charge is 0.225 e. The van der Waals surface area contributed by atoms with Crippen LogP contribution in [0, 0.1) is 17.2 Å². The van der Waals surface area contributed by atoms with Gasteiger partial charge in [-0.2, -0.15) is 0 Å². The molecule has 0 unspecified atom stereocenters. The van der Waals surface area contributed by atoms with Crippen molar-refractivity contribution >= 4 is 5.91 Å². The zero-order valence-electron chi connectivity index (χ0n) is 15.9. The Morgan fingerprint density at radius 3 is 2.63 bits per heavy atom. The second kappa shape index (κ2) is 5.94. The Bertz CT molecular complexity index is 759. The summed E-state index contributed by atoms with van der Waals surface area (Å²) in [6.07, 6.45) is 6.54. The van der Waals surface area contributed by atoms with Gasteiger partial charge in [0.05, 0.1) is 11.7 Å². The molecule has 0 bridgehead atoms. The van der Waals surface area contributed by atoms with Crippen molar-refractivity contribution < 1.29 is 19.0 Å². The largest absolute Gasteiger partial charge is 0.490 e. The molecule has 146 valence electrons. The summed E-state index contributed by atoms with van der Waals surface area (Å²) in [5, 5.41) is 9.85. The normalized spacial score (nSPS) is 34.3. The van der Waals surface area contributed by atoms with E-state index >= 15 is 0 Å². The van der Waals surface area contributed by atoms with E-state index in [0.717, 1.165) is 56.5 Å². The predicted molar refractivity (Wildman–Crippen MR) is 99.0 cm³/mol. The highest BCUT2D eigenvalue weighted by molar-refractivity contribution is 5.81. The first-order chi connectivity index (χ1) is 12.8. The second-order valence-corrected chi connectivity index (χ2v) is 9.74. The van der Waals surface area contributed by atoms with Gasteiger partial charge >= 0.3 is 0 Å². The van der Waals surface area contributed by atoms with Crippen LogP contribution in [0.5, 0.6) is 5.75 Å². The first-order valence-electron chi connectivity index (χ1n) is 10.3. The molecule has 1 heterocycles. The number of rotatable bonds is 4. The molecule has 3 saturated carbocycles. The number of hydrogen-bond donors (Lipinski definition) is 1. The molecule has 1 atom stereocenters. The van der Waals surface area contributed by atoms with Crippen molar-refractivity contribution in [3.05, 3.63) is 29.6 Å². The van der Waals surface area contributed by atoms with Crippen LogP contribution >= 0.6 is 0 Å². The zero-order chi connectivity index (χ0) is 18.8. The maximum absolute atomic E-state index is 13.9. The summed E-state index contributed by atoms with van der Waals surface area (Å²) in [6, 6.07) is 5.16. The summed E-state index contributed by atoms with van der Waals surface area (Å²) in [5.41, 5.74) is 0.354. The summed E-state index contributed by atoms with van der Waals surface area (Å²) in [6.45, 7) is 3.44. The monoisotopic (exact) mass is 373 g/mol. The number of carbonyl (C=O) groups excluding carboxylic acids is 1. The van der Waals surface area contributed by atoms with Crippen LogP contribution in [0.15, 0.2) is 18.2 Å². The molecule has 0 radical (unpaired) electrons. The Labute approximate surface area is 159 Å². The van der Waals surface area contributed by atoms with Crippen molar-refractivity contribution in [2.75, 3.05) is 13.1 Å². The van der Waals surface area contributed by atoms with E-state index in [2.05, 4.69) is 0 Å². The van der Waals surface area contributed by atoms with E-state index in [1.165, 1.54) is 6.07 Å². The van der Waals surface area contributed by atoms with Crippen LogP contribution in [0.2, 0.25) is 0 Å². The third-order valence-corrected chi connectivity index (χ3v) is 7.03. The minimum atomic E-state index is -0.649. The highest BCUT2D eigenvalue weighted by Gasteiger charge is 2.53. The minimum absolute atomic E-state index is 0.00543. The number of ether oxygens (including phenoxy) is 1. The molecule has 1 aliphatic heterocycles. The quantitative estimate of drug-likeness (QED) is 0.877. The topological polar surface area (TPSA) is 49.8 Å². The lowest BCUT2D eigenvalue weighted by atomic mass is 9.70. The number of amides is 1. The van der Waals surface area contributed by atoms with Gasteiger partial charge in [0.1, 0.15) is 11.6 Å². The summed E-state index contributed by atoms with van der Waals surface area (Å²) < 4.78 is 20.1. The Balaban J connectivity index is 1.15. The lowest BCUT2D eigenvalue weighted by Crippen LogP contribution is -2.61. The fraction of sp³-hybridized carbons (Fsp3) is 0.682. The van der Waals surface area contributed by atoms with Crippen molar-refractivity contribution in [2.24, 2.45) is 11.3 Å². The van der Waals surface area contributed by atoms with Gasteiger partial charge in [-0.1, -0.05) is 0 Å². The van der Waals surface area contributed by atoms with Crippen molar-refractivity contribution in [1.82, 2.24) is 4.90 Å². The minimum Gasteiger partial charge on any atom is -0.490 e. The molecule has 4 fully saturated rings. The molecular formula is C22H28FNO3. The van der Waals surface area contributed by atoms with Crippen LogP contribution in [-0.2, 0) is 4.79 Å². The lowest BCUT2D eigenvalue weighted by Gasteiger charge is -2.51. The first kappa shape index (κ1) is 17.5. The van der Waals surface area contributed by atoms with E-state index in [9.17, 15) is 14.3 Å². The molecule has 5 heteroatoms. The number of benzene rings is 1. The van der Waals surface area contributed by atoms with E-state index in [1.807, 2.05) is 11.0 Å². The molecule has 1 aromatic carbocycles. The van der Waals surface area contributed by atoms with Crippen molar-refractivity contribution in [1.29, 1.82) is 0 Å². The van der Waals surface area contributed by atoms with E-state index in [0.29, 0.717) is 18.8 Å². The van der Waals surface area contributed by atoms with Gasteiger partial charge in [0, 0.05) is 24.4 Å². The van der Waals surface area contributed by atoms with Gasteiger partial charge in [-0.05, 0) is 81.5 Å². The van der Waals surface area contributed by atoms with Crippen LogP contribution in [0.1, 0.15) is 63.4 Å². The second-order valence-electron chi connectivity index (χ2n) is 9.74. The van der Waals surface area contributed by atoms with Crippen LogP contribution in [0.4, 0.5) is 4.39 Å². The van der Waals surface area contributed by atoms with E-state index in [-0.39, 0.29) is 29.2 Å². The summed E-state index contributed by atoms with van der Waals surface area (Å²) in [4.78, 5) is 14.5. The van der Waals surface area contributed by atoms with Gasteiger partial charge in [-0.25, -0.2) is 4.39 Å². The third kappa shape index (κ3) is 3.24. The Kier molecular flexibility index (Phi) is 3.84. The zero-order valence-corrected chi connectivity index (χ0v) is 15.9. The molecule has 1 aromatic rings. The summed E-state index contributed by atoms with van der Waals surface area (Å²) in [7, 11) is 0. The van der Waals surface area contributed by atoms with Crippen molar-refractivity contribution in [3.63, 3.8) is 0 Å². The summed E-state index contributed by atoms with van der Waals surface area (Å²) in [5.74, 6) is 1.26. The fourth-order valence-corrected chi connectivity index (χ4v) is 5.39. The molecule has 0 aromatic heterocycles. The van der Waals surface area contributed by atoms with E-state index in [1.54, 1.807) is 13.0 Å². The number of likely N-dealkylation sites (tertiary alicyclic amines) is 1. The molecule has 1 N–H and O–H groups in total. The molecule has 5 rings (SSSR count). The number of carbonyl (C=O) groups is 1. The molecule has 27 heavy (non-hydrogen) atoms. The maximum Gasteiger partial charge on any atom is 0.225 e. The molecule has 4 nitrogen and oxygen atoms in total. The molecule has 1 spiro atoms. The molecule has 3 aliphatic carbocycles. The van der Waals surface area contributed by atoms with E-state index in [4.69, 9.17) is 4.74 Å². The van der Waals surface area contributed by atoms with Gasteiger partial charge < -0.3 is 14.7 Å². The Hall–Kier alpha value is -1.62. The third-order valence-electron chi connectivity index (χ3n) is 7.03. The van der Waals surface area contributed by atoms with Crippen molar-refractivity contribution in [2.45, 2.75) is 69.5 Å². The molecular weight excluding hydrogens is 345 g/mol. The number of aliphatic hydroxyl groups is 1. The van der Waals surface area contributed by atoms with Gasteiger partial charge in [0.25, 0.3) is 0 Å². The van der Waals surface area contributed by atoms with Crippen molar-refractivity contribution in [3.8, 4) is 5.75 Å². The van der Waals surface area contributed by atoms with Crippen LogP contribution in [0.3, 0.4) is 0 Å². The number of nitrogens with zero attached hydrogens (tertiary/aromatic N) is 1. The standard InChI is InChI=1S/C22H28FNO3/c1-21(26)9-15(10-21)20(25)24-12-22(13-24)7-6-17(11-22)27-16-4-5-19(23)18(8-16)14-2-3-14/h4-5,8,14-15,17,26H,2-3,6-7,9-13H2,1H3/t15?,17-,21?/m1/s1. The Morgan fingerprint density at radius 2 is 1.96 bits per heavy atom. The molecule has 4 aliphatic rings. The molecule has 1 amide bonds. The Morgan fingerprint density at radius 1 is 1.22 bits per heavy atom. The lowest BCUT2D eigenvalue weighted by molar-refractivity contribution is -0.161. The van der Waals surface area contributed by atoms with E-state index < -0.39 is 5.60 Å². The molecule has 1 saturated heterocycles. The van der Waals surface area contributed by atoms with Gasteiger partial charge in [0.15, 0.2) is 0 Å². The predicted octanol–water partition coefficient (Wildman–Crippen LogP) is 3.62. The van der Waals surface area contributed by atoms with Crippen LogP contribution in [-0.4, -0.2) is 40.7 Å². The fourth-order valence-electron chi connectivity index (χ4n) is 5.39. The number of halogens is 1. The van der Waals surface area contributed by atoms with Crippen LogP contribution in [0.25, 0.3) is 0 Å². The highest BCUT2D eigenvalue weighted by Crippen LogP contribution is 2.49. The number of hydrogen-bond acceptors (Lipinski definition) is 3. The average Bonchev–Trinajstić information content (AvgIpc) is 3.32. The van der Waals surface area contributed by atoms with Gasteiger partial charge in [-0.3, -0.25) is 4.79 Å². The summed E-state index contributed by atoms with van der Waals surface area (Å²) >= 11 is 0. The SMILES string of the molecule is CC1(O)CC(C(=O)N2CC3(CC[C@@H](Oc4ccc(F)c(C5CC5)c4)C3)C2)C1. The average molecular weight is 373 g/mol. The van der Waals surface area contributed by atoms with Crippen LogP contribution < -0.4 is 4.74 Å².